The van der Waals surface area contributed by atoms with Gasteiger partial charge in [0.15, 0.2) is 5.13 Å². The lowest BCUT2D eigenvalue weighted by atomic mass is 10.1. The van der Waals surface area contributed by atoms with Gasteiger partial charge in [-0.15, -0.1) is 11.3 Å². The topological polar surface area (TPSA) is 94.7 Å². The number of carbonyl (C=O) groups is 1. The molecule has 0 aliphatic rings. The lowest BCUT2D eigenvalue weighted by Crippen LogP contribution is -2.27. The molecule has 7 nitrogen and oxygen atoms in total. The van der Waals surface area contributed by atoms with E-state index in [4.69, 9.17) is 0 Å². The minimum absolute atomic E-state index is 0.269. The number of nitrogens with one attached hydrogen (secondary N) is 4. The van der Waals surface area contributed by atoms with Crippen LogP contribution in [-0.2, 0) is 6.54 Å². The van der Waals surface area contributed by atoms with Crippen LogP contribution in [0.3, 0.4) is 0 Å². The van der Waals surface area contributed by atoms with Crippen molar-refractivity contribution < 1.29 is 4.79 Å². The highest BCUT2D eigenvalue weighted by Gasteiger charge is 2.06. The predicted octanol–water partition coefficient (Wildman–Crippen LogP) is 4.91. The number of urea groups is 1. The summed E-state index contributed by atoms with van der Waals surface area (Å²) >= 11 is 1.56. The van der Waals surface area contributed by atoms with E-state index in [2.05, 4.69) is 56.3 Å². The number of carbonyl (C=O) groups excluding carboxylic acids is 1. The highest BCUT2D eigenvalue weighted by molar-refractivity contribution is 7.14. The monoisotopic (exact) mass is 404 g/mol. The molecule has 0 fully saturated rings. The van der Waals surface area contributed by atoms with Crippen molar-refractivity contribution in [3.05, 3.63) is 77.4 Å². The van der Waals surface area contributed by atoms with Crippen LogP contribution in [0.1, 0.15) is 11.1 Å². The van der Waals surface area contributed by atoms with Crippen LogP contribution in [0.4, 0.5) is 21.3 Å². The van der Waals surface area contributed by atoms with Gasteiger partial charge < -0.3 is 16.0 Å². The number of hydrogen-bond acceptors (Lipinski definition) is 5. The fourth-order valence-corrected chi connectivity index (χ4v) is 3.50. The molecule has 0 saturated heterocycles. The number of aromatic nitrogens is 3. The van der Waals surface area contributed by atoms with Gasteiger partial charge in [0.05, 0.1) is 11.9 Å². The first-order valence-electron chi connectivity index (χ1n) is 9.08. The van der Waals surface area contributed by atoms with Gasteiger partial charge in [-0.2, -0.15) is 5.10 Å². The summed E-state index contributed by atoms with van der Waals surface area (Å²) in [6, 6.07) is 15.5. The van der Waals surface area contributed by atoms with E-state index in [1.807, 2.05) is 35.7 Å². The fraction of sp³-hybridized carbons (Fsp3) is 0.0952. The zero-order valence-corrected chi connectivity index (χ0v) is 16.6. The number of amides is 2. The average molecular weight is 404 g/mol. The molecule has 29 heavy (non-hydrogen) atoms. The van der Waals surface area contributed by atoms with Crippen LogP contribution in [0, 0.1) is 6.92 Å². The summed E-state index contributed by atoms with van der Waals surface area (Å²) in [4.78, 5) is 16.6. The van der Waals surface area contributed by atoms with Gasteiger partial charge in [0.2, 0.25) is 0 Å². The first kappa shape index (κ1) is 18.7. The Hall–Kier alpha value is -3.65. The second-order valence-corrected chi connectivity index (χ2v) is 7.38. The fourth-order valence-electron chi connectivity index (χ4n) is 2.76. The van der Waals surface area contributed by atoms with Gasteiger partial charge in [-0.3, -0.25) is 5.10 Å². The Balaban J connectivity index is 1.33. The summed E-state index contributed by atoms with van der Waals surface area (Å²) in [6.07, 6.45) is 3.41. The van der Waals surface area contributed by atoms with Gasteiger partial charge in [-0.25, -0.2) is 9.78 Å². The van der Waals surface area contributed by atoms with Crippen molar-refractivity contribution >= 4 is 33.9 Å². The first-order chi connectivity index (χ1) is 14.2. The number of nitrogens with zero attached hydrogens (tertiary/aromatic N) is 2. The summed E-state index contributed by atoms with van der Waals surface area (Å²) in [5, 5.41) is 18.3. The SMILES string of the molecule is Cc1cccc(-c2csc(Nc3ccc(NC(=O)NCc4cn[nH]c4)cc3)n2)c1. The molecule has 4 rings (SSSR count). The standard InChI is InChI=1S/C21H20N6OS/c1-14-3-2-4-16(9-14)19-13-29-21(27-19)26-18-7-5-17(6-8-18)25-20(28)22-10-15-11-23-24-12-15/h2-9,11-13H,10H2,1H3,(H,23,24)(H,26,27)(H2,22,25,28). The van der Waals surface area contributed by atoms with E-state index >= 15 is 0 Å². The molecule has 0 unspecified atom stereocenters. The van der Waals surface area contributed by atoms with E-state index in [9.17, 15) is 4.79 Å². The quantitative estimate of drug-likeness (QED) is 0.367. The van der Waals surface area contributed by atoms with Crippen LogP contribution >= 0.6 is 11.3 Å². The summed E-state index contributed by atoms with van der Waals surface area (Å²) < 4.78 is 0. The molecule has 0 aliphatic heterocycles. The molecule has 2 amide bonds. The molecule has 0 aliphatic carbocycles. The minimum Gasteiger partial charge on any atom is -0.334 e. The Morgan fingerprint density at radius 3 is 2.72 bits per heavy atom. The number of aryl methyl sites for hydroxylation is 1. The molecule has 146 valence electrons. The van der Waals surface area contributed by atoms with Crippen LogP contribution in [0.2, 0.25) is 0 Å². The third kappa shape index (κ3) is 4.99. The molecular formula is C21H20N6OS. The van der Waals surface area contributed by atoms with Crippen molar-refractivity contribution in [3.63, 3.8) is 0 Å². The van der Waals surface area contributed by atoms with E-state index in [-0.39, 0.29) is 6.03 Å². The average Bonchev–Trinajstić information content (AvgIpc) is 3.40. The summed E-state index contributed by atoms with van der Waals surface area (Å²) in [5.41, 5.74) is 5.79. The molecule has 2 heterocycles. The van der Waals surface area contributed by atoms with E-state index in [1.165, 1.54) is 5.56 Å². The normalized spacial score (nSPS) is 10.5. The maximum absolute atomic E-state index is 12.0. The largest absolute Gasteiger partial charge is 0.334 e. The molecular weight excluding hydrogens is 384 g/mol. The van der Waals surface area contributed by atoms with E-state index in [1.54, 1.807) is 23.7 Å². The third-order valence-electron chi connectivity index (χ3n) is 4.22. The van der Waals surface area contributed by atoms with Crippen LogP contribution in [0.5, 0.6) is 0 Å². The van der Waals surface area contributed by atoms with E-state index < -0.39 is 0 Å². The van der Waals surface area contributed by atoms with E-state index in [0.29, 0.717) is 12.2 Å². The molecule has 4 aromatic rings. The van der Waals surface area contributed by atoms with Crippen molar-refractivity contribution in [2.45, 2.75) is 13.5 Å². The van der Waals surface area contributed by atoms with Gasteiger partial charge >= 0.3 is 6.03 Å². The van der Waals surface area contributed by atoms with E-state index in [0.717, 1.165) is 27.6 Å². The number of hydrogen-bond donors (Lipinski definition) is 4. The molecule has 2 aromatic carbocycles. The van der Waals surface area contributed by atoms with Gasteiger partial charge in [0.1, 0.15) is 0 Å². The van der Waals surface area contributed by atoms with Gasteiger partial charge in [-0.1, -0.05) is 23.8 Å². The van der Waals surface area contributed by atoms with Gasteiger partial charge in [0.25, 0.3) is 0 Å². The molecule has 0 saturated carbocycles. The Morgan fingerprint density at radius 1 is 1.14 bits per heavy atom. The summed E-state index contributed by atoms with van der Waals surface area (Å²) in [5.74, 6) is 0. The van der Waals surface area contributed by atoms with Crippen molar-refractivity contribution in [1.82, 2.24) is 20.5 Å². The predicted molar refractivity (Wildman–Crippen MR) is 116 cm³/mol. The van der Waals surface area contributed by atoms with Crippen LogP contribution in [0.15, 0.2) is 66.3 Å². The lowest BCUT2D eigenvalue weighted by molar-refractivity contribution is 0.251. The molecule has 0 atom stereocenters. The van der Waals surface area contributed by atoms with Crippen LogP contribution in [-0.4, -0.2) is 21.2 Å². The zero-order valence-electron chi connectivity index (χ0n) is 15.8. The lowest BCUT2D eigenvalue weighted by Gasteiger charge is -2.08. The van der Waals surface area contributed by atoms with Crippen molar-refractivity contribution in [1.29, 1.82) is 0 Å². The zero-order chi connectivity index (χ0) is 20.1. The van der Waals surface area contributed by atoms with Crippen LogP contribution in [0.25, 0.3) is 11.3 Å². The number of aromatic amines is 1. The van der Waals surface area contributed by atoms with Crippen molar-refractivity contribution in [3.8, 4) is 11.3 Å². The smallest absolute Gasteiger partial charge is 0.319 e. The second kappa shape index (κ2) is 8.57. The molecule has 8 heteroatoms. The summed E-state index contributed by atoms with van der Waals surface area (Å²) in [7, 11) is 0. The van der Waals surface area contributed by atoms with Crippen molar-refractivity contribution in [2.75, 3.05) is 10.6 Å². The number of benzene rings is 2. The first-order valence-corrected chi connectivity index (χ1v) is 9.96. The summed E-state index contributed by atoms with van der Waals surface area (Å²) in [6.45, 7) is 2.48. The molecule has 0 radical (unpaired) electrons. The maximum atomic E-state index is 12.0. The van der Waals surface area contributed by atoms with Crippen molar-refractivity contribution in [2.24, 2.45) is 0 Å². The Bertz CT molecular complexity index is 1090. The van der Waals surface area contributed by atoms with Gasteiger partial charge in [0, 0.05) is 40.6 Å². The molecule has 4 N–H and O–H groups in total. The third-order valence-corrected chi connectivity index (χ3v) is 4.98. The van der Waals surface area contributed by atoms with Gasteiger partial charge in [-0.05, 0) is 37.3 Å². The molecule has 0 spiro atoms. The number of anilines is 3. The second-order valence-electron chi connectivity index (χ2n) is 6.52. The minimum atomic E-state index is -0.269. The maximum Gasteiger partial charge on any atom is 0.319 e. The number of thiazole rings is 1. The highest BCUT2D eigenvalue weighted by atomic mass is 32.1. The number of rotatable bonds is 6. The van der Waals surface area contributed by atoms with Crippen LogP contribution < -0.4 is 16.0 Å². The Kier molecular flexibility index (Phi) is 5.53. The highest BCUT2D eigenvalue weighted by Crippen LogP contribution is 2.28. The number of H-pyrrole nitrogens is 1. The molecule has 0 bridgehead atoms. The Labute approximate surface area is 172 Å². The molecule has 2 aromatic heterocycles. The Morgan fingerprint density at radius 2 is 1.97 bits per heavy atom.